The summed E-state index contributed by atoms with van der Waals surface area (Å²) in [5.41, 5.74) is 1.21. The first kappa shape index (κ1) is 27.6. The van der Waals surface area contributed by atoms with E-state index in [1.54, 1.807) is 24.4 Å². The van der Waals surface area contributed by atoms with Crippen molar-refractivity contribution in [3.63, 3.8) is 0 Å². The lowest BCUT2D eigenvalue weighted by Gasteiger charge is -2.42. The molecule has 2 aliphatic rings. The SMILES string of the molecule is Cc1nccc(N2CCCC3(CCN(C(=O)Cc4ccc(F)cc4)CC3)COc3ccccc3C(=O)NCC2)n1. The molecule has 0 aliphatic carbocycles. The number of fused-ring (bicyclic) bond motifs is 1. The van der Waals surface area contributed by atoms with Gasteiger partial charge in [-0.15, -0.1) is 0 Å². The molecule has 0 atom stereocenters. The van der Waals surface area contributed by atoms with Gasteiger partial charge in [0.15, 0.2) is 0 Å². The molecule has 2 amide bonds. The van der Waals surface area contributed by atoms with Crippen molar-refractivity contribution in [2.75, 3.05) is 44.2 Å². The molecule has 0 saturated carbocycles. The van der Waals surface area contributed by atoms with Crippen LogP contribution in [-0.2, 0) is 11.2 Å². The molecule has 9 heteroatoms. The summed E-state index contributed by atoms with van der Waals surface area (Å²) in [6.07, 6.45) is 5.50. The summed E-state index contributed by atoms with van der Waals surface area (Å²) >= 11 is 0. The lowest BCUT2D eigenvalue weighted by molar-refractivity contribution is -0.133. The normalized spacial score (nSPS) is 18.0. The Hall–Kier alpha value is -4.01. The molecule has 3 heterocycles. The monoisotopic (exact) mass is 545 g/mol. The van der Waals surface area contributed by atoms with E-state index in [1.807, 2.05) is 36.1 Å². The van der Waals surface area contributed by atoms with Gasteiger partial charge in [0.25, 0.3) is 5.91 Å². The molecular formula is C31H36FN5O3. The Kier molecular flexibility index (Phi) is 8.57. The highest BCUT2D eigenvalue weighted by molar-refractivity contribution is 5.96. The summed E-state index contributed by atoms with van der Waals surface area (Å²) in [7, 11) is 0. The number of halogens is 1. The number of carbonyl (C=O) groups excluding carboxylic acids is 2. The fourth-order valence-corrected chi connectivity index (χ4v) is 5.60. The Bertz CT molecular complexity index is 1320. The number of nitrogens with zero attached hydrogens (tertiary/aromatic N) is 4. The highest BCUT2D eigenvalue weighted by atomic mass is 19.1. The fourth-order valence-electron chi connectivity index (χ4n) is 5.60. The number of hydrogen-bond donors (Lipinski definition) is 1. The van der Waals surface area contributed by atoms with Gasteiger partial charge in [0.2, 0.25) is 5.91 Å². The van der Waals surface area contributed by atoms with Crippen molar-refractivity contribution < 1.29 is 18.7 Å². The smallest absolute Gasteiger partial charge is 0.255 e. The molecule has 5 rings (SSSR count). The molecule has 1 spiro atoms. The molecular weight excluding hydrogens is 509 g/mol. The standard InChI is InChI=1S/C31H36FN5O3/c1-23-33-15-11-28(35-23)36-17-4-12-31(22-40-27-6-3-2-5-26(27)30(39)34-16-20-36)13-18-37(19-14-31)29(38)21-24-7-9-25(32)10-8-24/h2-3,5-11,15H,4,12-14,16-22H2,1H3,(H,34,39). The van der Waals surface area contributed by atoms with E-state index in [-0.39, 0.29) is 29.5 Å². The van der Waals surface area contributed by atoms with Crippen LogP contribution in [0.4, 0.5) is 10.2 Å². The number of hydrogen-bond acceptors (Lipinski definition) is 6. The second kappa shape index (κ2) is 12.4. The number of nitrogens with one attached hydrogen (secondary N) is 1. The first-order valence-electron chi connectivity index (χ1n) is 14.0. The molecule has 210 valence electrons. The van der Waals surface area contributed by atoms with Crippen molar-refractivity contribution in [2.45, 2.75) is 39.0 Å². The lowest BCUT2D eigenvalue weighted by atomic mass is 9.75. The van der Waals surface area contributed by atoms with Gasteiger partial charge in [-0.3, -0.25) is 9.59 Å². The Labute approximate surface area is 234 Å². The fraction of sp³-hybridized carbons (Fsp3) is 0.419. The number of rotatable bonds is 3. The topological polar surface area (TPSA) is 87.7 Å². The molecule has 1 N–H and O–H groups in total. The van der Waals surface area contributed by atoms with Gasteiger partial charge < -0.3 is 19.9 Å². The van der Waals surface area contributed by atoms with Crippen molar-refractivity contribution in [3.05, 3.63) is 83.6 Å². The zero-order valence-electron chi connectivity index (χ0n) is 22.9. The molecule has 1 saturated heterocycles. The van der Waals surface area contributed by atoms with E-state index in [9.17, 15) is 14.0 Å². The van der Waals surface area contributed by atoms with Crippen molar-refractivity contribution in [2.24, 2.45) is 5.41 Å². The van der Waals surface area contributed by atoms with Crippen LogP contribution in [0.5, 0.6) is 5.75 Å². The highest BCUT2D eigenvalue weighted by Crippen LogP contribution is 2.38. The van der Waals surface area contributed by atoms with Gasteiger partial charge in [-0.05, 0) is 68.5 Å². The number of para-hydroxylation sites is 1. The lowest BCUT2D eigenvalue weighted by Crippen LogP contribution is -2.46. The summed E-state index contributed by atoms with van der Waals surface area (Å²) in [5, 5.41) is 3.03. The second-order valence-corrected chi connectivity index (χ2v) is 10.8. The van der Waals surface area contributed by atoms with E-state index < -0.39 is 0 Å². The molecule has 1 aromatic heterocycles. The minimum Gasteiger partial charge on any atom is -0.492 e. The molecule has 0 bridgehead atoms. The third-order valence-corrected chi connectivity index (χ3v) is 8.00. The average Bonchev–Trinajstić information content (AvgIpc) is 2.97. The third-order valence-electron chi connectivity index (χ3n) is 8.00. The first-order valence-corrected chi connectivity index (χ1v) is 14.0. The van der Waals surface area contributed by atoms with Gasteiger partial charge in [0, 0.05) is 44.3 Å². The largest absolute Gasteiger partial charge is 0.492 e. The maximum atomic E-state index is 13.3. The molecule has 8 nitrogen and oxygen atoms in total. The minimum absolute atomic E-state index is 0.0549. The molecule has 2 aromatic carbocycles. The van der Waals surface area contributed by atoms with Gasteiger partial charge in [-0.25, -0.2) is 14.4 Å². The Balaban J connectivity index is 1.32. The molecule has 1 fully saturated rings. The number of likely N-dealkylation sites (tertiary alicyclic amines) is 1. The van der Waals surface area contributed by atoms with Gasteiger partial charge in [-0.2, -0.15) is 0 Å². The number of aromatic nitrogens is 2. The minimum atomic E-state index is -0.304. The number of aryl methyl sites for hydroxylation is 1. The maximum absolute atomic E-state index is 13.3. The van der Waals surface area contributed by atoms with Crippen molar-refractivity contribution >= 4 is 17.6 Å². The Morgan fingerprint density at radius 3 is 2.58 bits per heavy atom. The van der Waals surface area contributed by atoms with Crippen molar-refractivity contribution in [1.29, 1.82) is 0 Å². The second-order valence-electron chi connectivity index (χ2n) is 10.8. The number of piperidine rings is 1. The predicted octanol–water partition coefficient (Wildman–Crippen LogP) is 4.18. The van der Waals surface area contributed by atoms with Crippen LogP contribution in [0.2, 0.25) is 0 Å². The van der Waals surface area contributed by atoms with E-state index in [0.29, 0.717) is 49.9 Å². The molecule has 0 unspecified atom stereocenters. The number of ether oxygens (including phenoxy) is 1. The summed E-state index contributed by atoms with van der Waals surface area (Å²) in [5.74, 6) is 1.73. The molecule has 40 heavy (non-hydrogen) atoms. The van der Waals surface area contributed by atoms with Gasteiger partial charge in [0.05, 0.1) is 18.6 Å². The van der Waals surface area contributed by atoms with Crippen molar-refractivity contribution in [3.8, 4) is 5.75 Å². The van der Waals surface area contributed by atoms with E-state index in [4.69, 9.17) is 4.74 Å². The average molecular weight is 546 g/mol. The molecule has 2 aliphatic heterocycles. The maximum Gasteiger partial charge on any atom is 0.255 e. The van der Waals surface area contributed by atoms with E-state index in [0.717, 1.165) is 43.6 Å². The Morgan fingerprint density at radius 1 is 1.02 bits per heavy atom. The zero-order chi connectivity index (χ0) is 28.0. The zero-order valence-corrected chi connectivity index (χ0v) is 22.9. The van der Waals surface area contributed by atoms with Crippen LogP contribution in [0, 0.1) is 18.2 Å². The number of benzene rings is 2. The highest BCUT2D eigenvalue weighted by Gasteiger charge is 2.37. The van der Waals surface area contributed by atoms with E-state index in [2.05, 4.69) is 20.2 Å². The third kappa shape index (κ3) is 6.76. The van der Waals surface area contributed by atoms with E-state index >= 15 is 0 Å². The quantitative estimate of drug-likeness (QED) is 0.531. The van der Waals surface area contributed by atoms with Crippen LogP contribution in [0.1, 0.15) is 47.4 Å². The number of carbonyl (C=O) groups is 2. The molecule has 0 radical (unpaired) electrons. The summed E-state index contributed by atoms with van der Waals surface area (Å²) in [4.78, 5) is 39.1. The predicted molar refractivity (Wildman–Crippen MR) is 151 cm³/mol. The summed E-state index contributed by atoms with van der Waals surface area (Å²) in [6, 6.07) is 15.4. The number of anilines is 1. The van der Waals surface area contributed by atoms with Gasteiger partial charge in [-0.1, -0.05) is 24.3 Å². The number of amides is 2. The van der Waals surface area contributed by atoms with Crippen LogP contribution >= 0.6 is 0 Å². The van der Waals surface area contributed by atoms with Gasteiger partial charge in [0.1, 0.15) is 23.2 Å². The van der Waals surface area contributed by atoms with E-state index in [1.165, 1.54) is 12.1 Å². The van der Waals surface area contributed by atoms with Gasteiger partial charge >= 0.3 is 0 Å². The summed E-state index contributed by atoms with van der Waals surface area (Å²) in [6.45, 7) is 5.52. The van der Waals surface area contributed by atoms with Crippen LogP contribution in [0.25, 0.3) is 0 Å². The van der Waals surface area contributed by atoms with Crippen molar-refractivity contribution in [1.82, 2.24) is 20.2 Å². The Morgan fingerprint density at radius 2 is 1.80 bits per heavy atom. The summed E-state index contributed by atoms with van der Waals surface area (Å²) < 4.78 is 19.6. The van der Waals surface area contributed by atoms with Crippen LogP contribution in [0.3, 0.4) is 0 Å². The van der Waals surface area contributed by atoms with Crippen LogP contribution in [-0.4, -0.2) is 66.0 Å². The van der Waals surface area contributed by atoms with Crippen LogP contribution in [0.15, 0.2) is 60.8 Å². The molecule has 3 aromatic rings. The van der Waals surface area contributed by atoms with Crippen LogP contribution < -0.4 is 15.0 Å². The first-order chi connectivity index (χ1) is 19.4.